The van der Waals surface area contributed by atoms with E-state index in [2.05, 4.69) is 10.3 Å². The molecule has 1 atom stereocenters. The first-order chi connectivity index (χ1) is 13.3. The molecule has 0 aliphatic carbocycles. The number of carbonyl (C=O) groups excluding carboxylic acids is 1. The molecule has 28 heavy (non-hydrogen) atoms. The molecule has 1 aliphatic rings. The fourth-order valence-electron chi connectivity index (χ4n) is 3.02. The van der Waals surface area contributed by atoms with Crippen molar-refractivity contribution in [1.29, 1.82) is 0 Å². The minimum Gasteiger partial charge on any atom is -0.491 e. The third-order valence-electron chi connectivity index (χ3n) is 4.19. The molecule has 0 radical (unpaired) electrons. The zero-order valence-corrected chi connectivity index (χ0v) is 17.8. The molecule has 1 fully saturated rings. The molecule has 0 spiro atoms. The number of nitrogens with zero attached hydrogens (tertiary/aromatic N) is 2. The summed E-state index contributed by atoms with van der Waals surface area (Å²) in [6.07, 6.45) is -0.664. The Morgan fingerprint density at radius 2 is 2.04 bits per heavy atom. The van der Waals surface area contributed by atoms with E-state index < -0.39 is 0 Å². The van der Waals surface area contributed by atoms with Gasteiger partial charge in [0.05, 0.1) is 20.8 Å². The molecule has 1 unspecified atom stereocenters. The zero-order valence-electron chi connectivity index (χ0n) is 17.0. The predicted molar refractivity (Wildman–Crippen MR) is 110 cm³/mol. The van der Waals surface area contributed by atoms with Crippen molar-refractivity contribution >= 4 is 27.6 Å². The van der Waals surface area contributed by atoms with Crippen LogP contribution in [0.1, 0.15) is 25.8 Å². The maximum absolute atomic E-state index is 12.3. The quantitative estimate of drug-likeness (QED) is 0.793. The average molecular weight is 408 g/mol. The van der Waals surface area contributed by atoms with Gasteiger partial charge in [-0.1, -0.05) is 0 Å². The van der Waals surface area contributed by atoms with Gasteiger partial charge < -0.3 is 24.4 Å². The number of benzene rings is 1. The Morgan fingerprint density at radius 3 is 2.75 bits per heavy atom. The van der Waals surface area contributed by atoms with Crippen molar-refractivity contribution in [2.24, 2.45) is 0 Å². The van der Waals surface area contributed by atoms with E-state index in [1.807, 2.05) is 45.9 Å². The van der Waals surface area contributed by atoms with Crippen LogP contribution in [0, 0.1) is 6.92 Å². The third-order valence-corrected chi connectivity index (χ3v) is 5.14. The Balaban J connectivity index is 1.57. The minimum atomic E-state index is -0.370. The Labute approximate surface area is 170 Å². The summed E-state index contributed by atoms with van der Waals surface area (Å²) >= 11 is 1.66. The highest BCUT2D eigenvalue weighted by Crippen LogP contribution is 2.26. The molecule has 1 aliphatic heterocycles. The summed E-state index contributed by atoms with van der Waals surface area (Å²) in [6, 6.07) is 5.87. The Hall–Kier alpha value is -1.90. The number of amides is 1. The molecular weight excluding hydrogens is 378 g/mol. The maximum Gasteiger partial charge on any atom is 0.409 e. The number of carbonyl (C=O) groups is 1. The van der Waals surface area contributed by atoms with Crippen molar-refractivity contribution in [3.05, 3.63) is 23.2 Å². The van der Waals surface area contributed by atoms with E-state index in [-0.39, 0.29) is 24.4 Å². The first-order valence-corrected chi connectivity index (χ1v) is 10.4. The fourth-order valence-corrected chi connectivity index (χ4v) is 3.83. The van der Waals surface area contributed by atoms with Crippen molar-refractivity contribution in [3.63, 3.8) is 0 Å². The van der Waals surface area contributed by atoms with Gasteiger partial charge in [-0.25, -0.2) is 9.78 Å². The standard InChI is InChI=1S/C20H29N3O4S/c1-14-22-17-11-15(5-6-18(17)28-14)25-12-16(27-20(2,3)4)13-26-19(24)23-9-7-21-8-10-23/h5-6,11,16,21H,7-10,12-13H2,1-4H3. The number of ether oxygens (including phenoxy) is 3. The third kappa shape index (κ3) is 6.05. The second-order valence-corrected chi connectivity index (χ2v) is 9.07. The van der Waals surface area contributed by atoms with Crippen LogP contribution in [0.5, 0.6) is 5.75 Å². The number of piperazine rings is 1. The molecule has 3 rings (SSSR count). The second-order valence-electron chi connectivity index (χ2n) is 7.84. The highest BCUT2D eigenvalue weighted by atomic mass is 32.1. The molecule has 1 N–H and O–H groups in total. The molecule has 8 heteroatoms. The van der Waals surface area contributed by atoms with Crippen molar-refractivity contribution in [1.82, 2.24) is 15.2 Å². The van der Waals surface area contributed by atoms with Crippen molar-refractivity contribution in [2.45, 2.75) is 39.4 Å². The van der Waals surface area contributed by atoms with Crippen molar-refractivity contribution in [3.8, 4) is 5.75 Å². The van der Waals surface area contributed by atoms with E-state index in [4.69, 9.17) is 14.2 Å². The van der Waals surface area contributed by atoms with Crippen LogP contribution in [0.2, 0.25) is 0 Å². The van der Waals surface area contributed by atoms with Crippen molar-refractivity contribution in [2.75, 3.05) is 39.4 Å². The van der Waals surface area contributed by atoms with Gasteiger partial charge in [-0.15, -0.1) is 11.3 Å². The van der Waals surface area contributed by atoms with E-state index >= 15 is 0 Å². The van der Waals surface area contributed by atoms with Crippen LogP contribution < -0.4 is 10.1 Å². The van der Waals surface area contributed by atoms with Gasteiger partial charge in [0.25, 0.3) is 0 Å². The number of hydrogen-bond donors (Lipinski definition) is 1. The van der Waals surface area contributed by atoms with Gasteiger partial charge in [0.1, 0.15) is 25.1 Å². The number of nitrogens with one attached hydrogen (secondary N) is 1. The maximum atomic E-state index is 12.3. The average Bonchev–Trinajstić information content (AvgIpc) is 3.02. The largest absolute Gasteiger partial charge is 0.491 e. The van der Waals surface area contributed by atoms with E-state index in [0.29, 0.717) is 19.7 Å². The van der Waals surface area contributed by atoms with Crippen molar-refractivity contribution < 1.29 is 19.0 Å². The summed E-state index contributed by atoms with van der Waals surface area (Å²) in [6.45, 7) is 11.3. The van der Waals surface area contributed by atoms with Gasteiger partial charge in [-0.3, -0.25) is 0 Å². The lowest BCUT2D eigenvalue weighted by atomic mass is 10.2. The summed E-state index contributed by atoms with van der Waals surface area (Å²) in [5.74, 6) is 0.730. The SMILES string of the molecule is Cc1nc2cc(OCC(COC(=O)N3CCNCC3)OC(C)(C)C)ccc2s1. The first kappa shape index (κ1) is 20.8. The summed E-state index contributed by atoms with van der Waals surface area (Å²) < 4.78 is 18.6. The number of thiazole rings is 1. The summed E-state index contributed by atoms with van der Waals surface area (Å²) in [5.41, 5.74) is 0.560. The molecule has 0 bridgehead atoms. The Morgan fingerprint density at radius 1 is 1.29 bits per heavy atom. The van der Waals surface area contributed by atoms with Gasteiger partial charge in [0, 0.05) is 32.2 Å². The molecule has 2 heterocycles. The van der Waals surface area contributed by atoms with Crippen LogP contribution in [0.4, 0.5) is 4.79 Å². The van der Waals surface area contributed by atoms with Crippen LogP contribution >= 0.6 is 11.3 Å². The summed E-state index contributed by atoms with van der Waals surface area (Å²) in [5, 5.41) is 4.25. The smallest absolute Gasteiger partial charge is 0.409 e. The molecule has 2 aromatic rings. The van der Waals surface area contributed by atoms with Gasteiger partial charge >= 0.3 is 6.09 Å². The van der Waals surface area contributed by atoms with Crippen LogP contribution in [0.25, 0.3) is 10.2 Å². The molecule has 7 nitrogen and oxygen atoms in total. The van der Waals surface area contributed by atoms with Crippen LogP contribution in [0.15, 0.2) is 18.2 Å². The lowest BCUT2D eigenvalue weighted by Gasteiger charge is -2.30. The topological polar surface area (TPSA) is 72.9 Å². The number of aromatic nitrogens is 1. The molecule has 1 aromatic heterocycles. The van der Waals surface area contributed by atoms with Gasteiger partial charge in [0.2, 0.25) is 0 Å². The summed E-state index contributed by atoms with van der Waals surface area (Å²) in [7, 11) is 0. The molecular formula is C20H29N3O4S. The van der Waals surface area contributed by atoms with Crippen LogP contribution in [0.3, 0.4) is 0 Å². The van der Waals surface area contributed by atoms with E-state index in [1.54, 1.807) is 16.2 Å². The normalized spacial score (nSPS) is 16.2. The lowest BCUT2D eigenvalue weighted by Crippen LogP contribution is -2.47. The molecule has 1 amide bonds. The molecule has 1 saturated heterocycles. The Kier molecular flexibility index (Phi) is 6.74. The summed E-state index contributed by atoms with van der Waals surface area (Å²) in [4.78, 5) is 18.5. The number of fused-ring (bicyclic) bond motifs is 1. The minimum absolute atomic E-state index is 0.151. The Bertz CT molecular complexity index is 796. The number of aryl methyl sites for hydroxylation is 1. The fraction of sp³-hybridized carbons (Fsp3) is 0.600. The highest BCUT2D eigenvalue weighted by molar-refractivity contribution is 7.18. The first-order valence-electron chi connectivity index (χ1n) is 9.60. The van der Waals surface area contributed by atoms with Gasteiger partial charge in [-0.2, -0.15) is 0 Å². The zero-order chi connectivity index (χ0) is 20.1. The number of rotatable bonds is 6. The van der Waals surface area contributed by atoms with E-state index in [1.165, 1.54) is 0 Å². The molecule has 0 saturated carbocycles. The molecule has 1 aromatic carbocycles. The monoisotopic (exact) mass is 407 g/mol. The molecule has 154 valence electrons. The van der Waals surface area contributed by atoms with E-state index in [9.17, 15) is 4.79 Å². The van der Waals surface area contributed by atoms with Crippen LogP contribution in [-0.2, 0) is 9.47 Å². The predicted octanol–water partition coefficient (Wildman–Crippen LogP) is 3.21. The van der Waals surface area contributed by atoms with E-state index in [0.717, 1.165) is 34.1 Å². The van der Waals surface area contributed by atoms with Gasteiger partial charge in [-0.05, 0) is 39.8 Å². The second kappa shape index (κ2) is 9.07. The highest BCUT2D eigenvalue weighted by Gasteiger charge is 2.24. The lowest BCUT2D eigenvalue weighted by molar-refractivity contribution is -0.0980. The van der Waals surface area contributed by atoms with Crippen LogP contribution in [-0.4, -0.2) is 67.1 Å². The van der Waals surface area contributed by atoms with Gasteiger partial charge in [0.15, 0.2) is 0 Å². The number of hydrogen-bond acceptors (Lipinski definition) is 7.